The minimum atomic E-state index is -0.445. The Labute approximate surface area is 156 Å². The molecule has 0 spiro atoms. The highest BCUT2D eigenvalue weighted by atomic mass is 35.5. The summed E-state index contributed by atoms with van der Waals surface area (Å²) in [5.74, 6) is -0.715. The number of halogens is 2. The van der Waals surface area contributed by atoms with Crippen LogP contribution in [0, 0.1) is 5.82 Å². The van der Waals surface area contributed by atoms with Crippen LogP contribution in [0.15, 0.2) is 66.3 Å². The Kier molecular flexibility index (Phi) is 5.68. The van der Waals surface area contributed by atoms with Crippen molar-refractivity contribution in [2.45, 2.75) is 12.5 Å². The van der Waals surface area contributed by atoms with Gasteiger partial charge in [-0.25, -0.2) is 4.39 Å². The normalized spacial score (nSPS) is 15.9. The number of oxime groups is 1. The van der Waals surface area contributed by atoms with Gasteiger partial charge in [-0.2, -0.15) is 0 Å². The molecular formula is C20H18ClFN2O2. The molecule has 3 rings (SSSR count). The summed E-state index contributed by atoms with van der Waals surface area (Å²) in [5, 5.41) is 4.78. The van der Waals surface area contributed by atoms with Crippen molar-refractivity contribution in [1.82, 2.24) is 4.90 Å². The number of amides is 1. The number of carbonyl (C=O) groups is 1. The van der Waals surface area contributed by atoms with Gasteiger partial charge in [0.1, 0.15) is 5.82 Å². The third kappa shape index (κ3) is 4.29. The Morgan fingerprint density at radius 3 is 2.81 bits per heavy atom. The van der Waals surface area contributed by atoms with E-state index < -0.39 is 5.82 Å². The largest absolute Gasteiger partial charge is 0.390 e. The number of benzene rings is 2. The fourth-order valence-corrected chi connectivity index (χ4v) is 2.91. The lowest BCUT2D eigenvalue weighted by Gasteiger charge is -2.23. The minimum absolute atomic E-state index is 0.266. The fourth-order valence-electron chi connectivity index (χ4n) is 2.79. The lowest BCUT2D eigenvalue weighted by atomic mass is 10.0. The van der Waals surface area contributed by atoms with E-state index in [2.05, 4.69) is 11.7 Å². The first-order valence-corrected chi connectivity index (χ1v) is 8.59. The van der Waals surface area contributed by atoms with Crippen molar-refractivity contribution in [3.63, 3.8) is 0 Å². The molecule has 1 amide bonds. The summed E-state index contributed by atoms with van der Waals surface area (Å²) >= 11 is 5.90. The second-order valence-electron chi connectivity index (χ2n) is 5.99. The average molecular weight is 373 g/mol. The highest BCUT2D eigenvalue weighted by Gasteiger charge is 2.27. The van der Waals surface area contributed by atoms with Crippen LogP contribution in [0.4, 0.5) is 4.39 Å². The Morgan fingerprint density at radius 1 is 1.35 bits per heavy atom. The summed E-state index contributed by atoms with van der Waals surface area (Å²) in [6.07, 6.45) is 1.94. The monoisotopic (exact) mass is 372 g/mol. The molecular weight excluding hydrogens is 355 g/mol. The molecule has 134 valence electrons. The van der Waals surface area contributed by atoms with Gasteiger partial charge in [-0.15, -0.1) is 6.58 Å². The van der Waals surface area contributed by atoms with Gasteiger partial charge in [0, 0.05) is 23.6 Å². The maximum atomic E-state index is 13.4. The van der Waals surface area contributed by atoms with Crippen molar-refractivity contribution >= 4 is 23.2 Å². The third-order valence-corrected chi connectivity index (χ3v) is 4.29. The number of hydrogen-bond donors (Lipinski definition) is 0. The van der Waals surface area contributed by atoms with Crippen molar-refractivity contribution in [3.8, 4) is 0 Å². The molecule has 0 aromatic heterocycles. The molecule has 1 atom stereocenters. The highest BCUT2D eigenvalue weighted by Crippen LogP contribution is 2.20. The summed E-state index contributed by atoms with van der Waals surface area (Å²) in [6.45, 7) is 4.36. The molecule has 26 heavy (non-hydrogen) atoms. The van der Waals surface area contributed by atoms with Gasteiger partial charge in [-0.1, -0.05) is 41.0 Å². The van der Waals surface area contributed by atoms with Gasteiger partial charge in [-0.05, 0) is 35.9 Å². The van der Waals surface area contributed by atoms with Crippen molar-refractivity contribution in [2.24, 2.45) is 5.16 Å². The van der Waals surface area contributed by atoms with Crippen LogP contribution in [-0.4, -0.2) is 35.7 Å². The van der Waals surface area contributed by atoms with Crippen LogP contribution in [0.2, 0.25) is 5.02 Å². The first-order valence-electron chi connectivity index (χ1n) is 8.21. The first kappa shape index (κ1) is 18.1. The van der Waals surface area contributed by atoms with Crippen LogP contribution in [0.1, 0.15) is 22.3 Å². The maximum absolute atomic E-state index is 13.4. The van der Waals surface area contributed by atoms with Crippen LogP contribution in [0.5, 0.6) is 0 Å². The summed E-state index contributed by atoms with van der Waals surface area (Å²) < 4.78 is 13.4. The molecule has 1 unspecified atom stereocenters. The van der Waals surface area contributed by atoms with Crippen LogP contribution < -0.4 is 0 Å². The molecule has 2 aromatic rings. The molecule has 0 bridgehead atoms. The molecule has 6 heteroatoms. The van der Waals surface area contributed by atoms with E-state index in [4.69, 9.17) is 16.4 Å². The van der Waals surface area contributed by atoms with Crippen molar-refractivity contribution in [3.05, 3.63) is 83.2 Å². The SMILES string of the molecule is C=CCN(CC1CC(c2ccc(Cl)cc2)=NO1)C(=O)c1cccc(F)c1. The standard InChI is InChI=1S/C20H18ClFN2O2/c1-2-10-24(20(25)15-4-3-5-17(22)11-15)13-18-12-19(23-26-18)14-6-8-16(21)9-7-14/h2-9,11,18H,1,10,12-13H2. The lowest BCUT2D eigenvalue weighted by Crippen LogP contribution is -2.37. The van der Waals surface area contributed by atoms with Gasteiger partial charge >= 0.3 is 0 Å². The highest BCUT2D eigenvalue weighted by molar-refractivity contribution is 6.30. The second kappa shape index (κ2) is 8.15. The van der Waals surface area contributed by atoms with Crippen molar-refractivity contribution < 1.29 is 14.0 Å². The van der Waals surface area contributed by atoms with Gasteiger partial charge in [0.2, 0.25) is 0 Å². The lowest BCUT2D eigenvalue weighted by molar-refractivity contribution is 0.0449. The molecule has 0 N–H and O–H groups in total. The Bertz CT molecular complexity index is 836. The Morgan fingerprint density at radius 2 is 2.12 bits per heavy atom. The smallest absolute Gasteiger partial charge is 0.254 e. The molecule has 0 saturated carbocycles. The van der Waals surface area contributed by atoms with Crippen molar-refractivity contribution in [1.29, 1.82) is 0 Å². The molecule has 0 aliphatic carbocycles. The van der Waals surface area contributed by atoms with Crippen LogP contribution in [0.3, 0.4) is 0 Å². The fraction of sp³-hybridized carbons (Fsp3) is 0.200. The molecule has 1 heterocycles. The van der Waals surface area contributed by atoms with E-state index in [0.29, 0.717) is 30.1 Å². The zero-order valence-corrected chi connectivity index (χ0v) is 14.8. The third-order valence-electron chi connectivity index (χ3n) is 4.04. The van der Waals surface area contributed by atoms with Crippen LogP contribution in [-0.2, 0) is 4.84 Å². The van der Waals surface area contributed by atoms with E-state index in [0.717, 1.165) is 11.3 Å². The molecule has 2 aromatic carbocycles. The molecule has 0 radical (unpaired) electrons. The summed E-state index contributed by atoms with van der Waals surface area (Å²) in [4.78, 5) is 19.7. The van der Waals surface area contributed by atoms with Gasteiger partial charge in [0.25, 0.3) is 5.91 Å². The van der Waals surface area contributed by atoms with Crippen LogP contribution >= 0.6 is 11.6 Å². The van der Waals surface area contributed by atoms with Gasteiger partial charge < -0.3 is 9.74 Å². The van der Waals surface area contributed by atoms with Gasteiger partial charge in [0.15, 0.2) is 6.10 Å². The maximum Gasteiger partial charge on any atom is 0.254 e. The Hall–Kier alpha value is -2.66. The summed E-state index contributed by atoms with van der Waals surface area (Å²) in [6, 6.07) is 13.0. The van der Waals surface area contributed by atoms with Crippen molar-refractivity contribution in [2.75, 3.05) is 13.1 Å². The van der Waals surface area contributed by atoms with E-state index >= 15 is 0 Å². The van der Waals surface area contributed by atoms with Gasteiger partial charge in [-0.3, -0.25) is 4.79 Å². The average Bonchev–Trinajstić information content (AvgIpc) is 3.10. The summed E-state index contributed by atoms with van der Waals surface area (Å²) in [7, 11) is 0. The van der Waals surface area contributed by atoms with E-state index in [1.165, 1.54) is 18.2 Å². The zero-order valence-electron chi connectivity index (χ0n) is 14.1. The predicted molar refractivity (Wildman–Crippen MR) is 100.0 cm³/mol. The predicted octanol–water partition coefficient (Wildman–Crippen LogP) is 4.30. The van der Waals surface area contributed by atoms with Crippen LogP contribution in [0.25, 0.3) is 0 Å². The molecule has 0 fully saturated rings. The zero-order chi connectivity index (χ0) is 18.5. The number of rotatable bonds is 6. The summed E-state index contributed by atoms with van der Waals surface area (Å²) in [5.41, 5.74) is 2.04. The van der Waals surface area contributed by atoms with Gasteiger partial charge in [0.05, 0.1) is 12.3 Å². The minimum Gasteiger partial charge on any atom is -0.390 e. The molecule has 0 saturated heterocycles. The number of carbonyl (C=O) groups excluding carboxylic acids is 1. The number of nitrogens with zero attached hydrogens (tertiary/aromatic N) is 2. The quantitative estimate of drug-likeness (QED) is 0.709. The molecule has 1 aliphatic heterocycles. The molecule has 4 nitrogen and oxygen atoms in total. The van der Waals surface area contributed by atoms with E-state index in [-0.39, 0.29) is 12.0 Å². The topological polar surface area (TPSA) is 41.9 Å². The van der Waals surface area contributed by atoms with E-state index in [1.807, 2.05) is 12.1 Å². The molecule has 1 aliphatic rings. The Balaban J connectivity index is 1.67. The van der Waals surface area contributed by atoms with E-state index in [9.17, 15) is 9.18 Å². The van der Waals surface area contributed by atoms with E-state index in [1.54, 1.807) is 29.2 Å². The second-order valence-corrected chi connectivity index (χ2v) is 6.42. The first-order chi connectivity index (χ1) is 12.6. The number of hydrogen-bond acceptors (Lipinski definition) is 3.